The Bertz CT molecular complexity index is 944. The third-order valence-electron chi connectivity index (χ3n) is 5.18. The summed E-state index contributed by atoms with van der Waals surface area (Å²) < 4.78 is 47.8. The monoisotopic (exact) mass is 389 g/mol. The van der Waals surface area contributed by atoms with Gasteiger partial charge in [-0.25, -0.2) is 13.2 Å². The molecule has 2 unspecified atom stereocenters. The lowest BCUT2D eigenvalue weighted by atomic mass is 9.80. The summed E-state index contributed by atoms with van der Waals surface area (Å²) in [5.74, 6) is -7.31. The smallest absolute Gasteiger partial charge is 0.319 e. The number of carbonyl (C=O) groups is 2. The van der Waals surface area contributed by atoms with Crippen LogP contribution in [0.25, 0.3) is 0 Å². The minimum Gasteiger partial charge on any atom is -0.465 e. The van der Waals surface area contributed by atoms with Gasteiger partial charge in [0.15, 0.2) is 23.2 Å². The average molecular weight is 389 g/mol. The molecule has 4 rings (SSSR count). The van der Waals surface area contributed by atoms with Crippen molar-refractivity contribution in [3.63, 3.8) is 0 Å². The van der Waals surface area contributed by atoms with Crippen LogP contribution in [-0.2, 0) is 9.53 Å². The summed E-state index contributed by atoms with van der Waals surface area (Å²) in [6.45, 7) is 1.68. The van der Waals surface area contributed by atoms with Crippen molar-refractivity contribution in [2.75, 3.05) is 11.5 Å². The molecule has 0 spiro atoms. The van der Waals surface area contributed by atoms with Crippen LogP contribution in [-0.4, -0.2) is 24.4 Å². The first-order valence-electron chi connectivity index (χ1n) is 9.17. The maximum atomic E-state index is 14.8. The number of esters is 1. The summed E-state index contributed by atoms with van der Waals surface area (Å²) >= 11 is 0. The molecule has 1 fully saturated rings. The number of hydrogen-bond donors (Lipinski definition) is 0. The van der Waals surface area contributed by atoms with Gasteiger partial charge in [0.25, 0.3) is 0 Å². The SMILES string of the molecule is CCOC(=O)C1C(=O)c2cc(F)c(F)c(F)c2N(C2CC2)C1c1ccccc1. The molecular formula is C21H18F3NO3. The van der Waals surface area contributed by atoms with Gasteiger partial charge in [-0.05, 0) is 31.4 Å². The van der Waals surface area contributed by atoms with E-state index in [1.54, 1.807) is 42.2 Å². The normalized spacial score (nSPS) is 21.4. The molecule has 0 aromatic heterocycles. The fraction of sp³-hybridized carbons (Fsp3) is 0.333. The predicted octanol–water partition coefficient (Wildman–Crippen LogP) is 4.19. The molecule has 1 heterocycles. The van der Waals surface area contributed by atoms with Crippen molar-refractivity contribution in [3.05, 3.63) is 65.0 Å². The van der Waals surface area contributed by atoms with Crippen LogP contribution in [0.3, 0.4) is 0 Å². The molecule has 0 bridgehead atoms. The van der Waals surface area contributed by atoms with E-state index in [1.807, 2.05) is 0 Å². The molecule has 2 aromatic carbocycles. The fourth-order valence-corrected chi connectivity index (χ4v) is 3.87. The third-order valence-corrected chi connectivity index (χ3v) is 5.18. The summed E-state index contributed by atoms with van der Waals surface area (Å²) in [4.78, 5) is 27.4. The van der Waals surface area contributed by atoms with Crippen molar-refractivity contribution in [1.29, 1.82) is 0 Å². The summed E-state index contributed by atoms with van der Waals surface area (Å²) in [6.07, 6.45) is 1.40. The number of rotatable bonds is 4. The maximum absolute atomic E-state index is 14.8. The van der Waals surface area contributed by atoms with Crippen LogP contribution < -0.4 is 4.90 Å². The molecule has 2 aliphatic rings. The molecule has 1 aliphatic carbocycles. The lowest BCUT2D eigenvalue weighted by Crippen LogP contribution is -2.48. The lowest BCUT2D eigenvalue weighted by Gasteiger charge is -2.42. The van der Waals surface area contributed by atoms with Crippen LogP contribution in [0.4, 0.5) is 18.9 Å². The van der Waals surface area contributed by atoms with E-state index in [4.69, 9.17) is 4.74 Å². The number of nitrogens with zero attached hydrogens (tertiary/aromatic N) is 1. The van der Waals surface area contributed by atoms with Gasteiger partial charge in [0.05, 0.1) is 18.3 Å². The number of halogens is 3. The zero-order chi connectivity index (χ0) is 20.0. The number of anilines is 1. The highest BCUT2D eigenvalue weighted by atomic mass is 19.2. The second kappa shape index (κ2) is 6.96. The van der Waals surface area contributed by atoms with Gasteiger partial charge >= 0.3 is 5.97 Å². The van der Waals surface area contributed by atoms with Gasteiger partial charge in [0.1, 0.15) is 5.92 Å². The molecule has 2 atom stereocenters. The zero-order valence-corrected chi connectivity index (χ0v) is 15.1. The van der Waals surface area contributed by atoms with Gasteiger partial charge in [-0.15, -0.1) is 0 Å². The average Bonchev–Trinajstić information content (AvgIpc) is 3.52. The second-order valence-corrected chi connectivity index (χ2v) is 6.97. The van der Waals surface area contributed by atoms with Crippen molar-refractivity contribution in [2.45, 2.75) is 31.8 Å². The Labute approximate surface area is 159 Å². The first-order chi connectivity index (χ1) is 13.5. The van der Waals surface area contributed by atoms with Crippen molar-refractivity contribution >= 4 is 17.4 Å². The molecule has 4 nitrogen and oxygen atoms in total. The van der Waals surface area contributed by atoms with E-state index >= 15 is 0 Å². The minimum atomic E-state index is -1.63. The number of Topliss-reactive ketones (excluding diaryl/α,β-unsaturated/α-hetero) is 1. The van der Waals surface area contributed by atoms with Crippen LogP contribution in [0.5, 0.6) is 0 Å². The zero-order valence-electron chi connectivity index (χ0n) is 15.1. The molecule has 0 saturated heterocycles. The van der Waals surface area contributed by atoms with E-state index < -0.39 is 41.2 Å². The minimum absolute atomic E-state index is 0.0621. The van der Waals surface area contributed by atoms with Gasteiger partial charge in [0.2, 0.25) is 0 Å². The van der Waals surface area contributed by atoms with Crippen LogP contribution in [0.2, 0.25) is 0 Å². The molecule has 146 valence electrons. The quantitative estimate of drug-likeness (QED) is 0.447. The molecule has 28 heavy (non-hydrogen) atoms. The van der Waals surface area contributed by atoms with Crippen LogP contribution in [0.1, 0.15) is 41.7 Å². The molecular weight excluding hydrogens is 371 g/mol. The lowest BCUT2D eigenvalue weighted by molar-refractivity contribution is -0.147. The third kappa shape index (κ3) is 2.85. The van der Waals surface area contributed by atoms with E-state index in [9.17, 15) is 22.8 Å². The Balaban J connectivity index is 1.97. The number of carbonyl (C=O) groups excluding carboxylic acids is 2. The van der Waals surface area contributed by atoms with E-state index in [-0.39, 0.29) is 23.9 Å². The largest absolute Gasteiger partial charge is 0.465 e. The number of fused-ring (bicyclic) bond motifs is 1. The Morgan fingerprint density at radius 2 is 1.82 bits per heavy atom. The Morgan fingerprint density at radius 1 is 1.14 bits per heavy atom. The highest BCUT2D eigenvalue weighted by Gasteiger charge is 2.51. The van der Waals surface area contributed by atoms with E-state index in [0.29, 0.717) is 24.5 Å². The van der Waals surface area contributed by atoms with Gasteiger partial charge < -0.3 is 9.64 Å². The molecule has 1 aliphatic heterocycles. The fourth-order valence-electron chi connectivity index (χ4n) is 3.87. The highest BCUT2D eigenvalue weighted by molar-refractivity contribution is 6.14. The van der Waals surface area contributed by atoms with Gasteiger partial charge in [-0.2, -0.15) is 0 Å². The van der Waals surface area contributed by atoms with Crippen LogP contribution in [0.15, 0.2) is 36.4 Å². The van der Waals surface area contributed by atoms with Crippen molar-refractivity contribution in [2.24, 2.45) is 5.92 Å². The molecule has 2 aromatic rings. The van der Waals surface area contributed by atoms with E-state index in [0.717, 1.165) is 0 Å². The van der Waals surface area contributed by atoms with Crippen LogP contribution >= 0.6 is 0 Å². The standard InChI is InChI=1S/C21H18F3NO3/c1-2-28-21(27)15-18(11-6-4-3-5-7-11)25(12-8-9-12)19-13(20(15)26)10-14(22)16(23)17(19)24/h3-7,10,12,15,18H,2,8-9H2,1H3. The first-order valence-corrected chi connectivity index (χ1v) is 9.17. The number of benzene rings is 2. The summed E-state index contributed by atoms with van der Waals surface area (Å²) in [5.41, 5.74) is 0.00456. The summed E-state index contributed by atoms with van der Waals surface area (Å²) in [6, 6.07) is 8.36. The van der Waals surface area contributed by atoms with Crippen molar-refractivity contribution < 1.29 is 27.5 Å². The molecule has 0 amide bonds. The Morgan fingerprint density at radius 3 is 2.43 bits per heavy atom. The van der Waals surface area contributed by atoms with Gasteiger partial charge in [-0.1, -0.05) is 30.3 Å². The van der Waals surface area contributed by atoms with E-state index in [2.05, 4.69) is 0 Å². The first kappa shape index (κ1) is 18.5. The summed E-state index contributed by atoms with van der Waals surface area (Å²) in [7, 11) is 0. The predicted molar refractivity (Wildman–Crippen MR) is 95.5 cm³/mol. The number of hydrogen-bond acceptors (Lipinski definition) is 4. The second-order valence-electron chi connectivity index (χ2n) is 6.97. The van der Waals surface area contributed by atoms with E-state index in [1.165, 1.54) is 0 Å². The van der Waals surface area contributed by atoms with Crippen molar-refractivity contribution in [3.8, 4) is 0 Å². The Hall–Kier alpha value is -2.83. The molecule has 7 heteroatoms. The number of ketones is 1. The summed E-state index contributed by atoms with van der Waals surface area (Å²) in [5, 5.41) is 0. The van der Waals surface area contributed by atoms with Crippen LogP contribution in [0, 0.1) is 23.4 Å². The Kier molecular flexibility index (Phi) is 4.61. The highest BCUT2D eigenvalue weighted by Crippen LogP contribution is 2.49. The van der Waals surface area contributed by atoms with Gasteiger partial charge in [0, 0.05) is 11.6 Å². The molecule has 1 saturated carbocycles. The molecule has 0 N–H and O–H groups in total. The molecule has 0 radical (unpaired) electrons. The maximum Gasteiger partial charge on any atom is 0.319 e. The van der Waals surface area contributed by atoms with Gasteiger partial charge in [-0.3, -0.25) is 9.59 Å². The number of ether oxygens (including phenoxy) is 1. The topological polar surface area (TPSA) is 46.6 Å². The van der Waals surface area contributed by atoms with Crippen molar-refractivity contribution in [1.82, 2.24) is 0 Å².